The molecule has 0 aromatic heterocycles. The van der Waals surface area contributed by atoms with Crippen LogP contribution in [0.2, 0.25) is 0 Å². The minimum Gasteiger partial charge on any atom is -0.385 e. The molecule has 1 heterocycles. The van der Waals surface area contributed by atoms with Gasteiger partial charge < -0.3 is 10.1 Å². The van der Waals surface area contributed by atoms with Crippen LogP contribution < -0.4 is 10.0 Å². The molecule has 1 fully saturated rings. The molecule has 106 valence electrons. The first-order chi connectivity index (χ1) is 9.08. The molecule has 0 bridgehead atoms. The summed E-state index contributed by atoms with van der Waals surface area (Å²) in [7, 11) is -1.85. The summed E-state index contributed by atoms with van der Waals surface area (Å²) in [4.78, 5) is 0.304. The molecule has 1 saturated heterocycles. The molecule has 0 aliphatic carbocycles. The summed E-state index contributed by atoms with van der Waals surface area (Å²) in [6.45, 7) is 2.00. The van der Waals surface area contributed by atoms with Gasteiger partial charge in [-0.25, -0.2) is 13.1 Å². The van der Waals surface area contributed by atoms with Crippen molar-refractivity contribution in [2.75, 3.05) is 26.8 Å². The number of benzene rings is 1. The Morgan fingerprint density at radius 1 is 1.37 bits per heavy atom. The molecule has 1 aromatic carbocycles. The van der Waals surface area contributed by atoms with Gasteiger partial charge in [-0.2, -0.15) is 0 Å². The molecule has 2 N–H and O–H groups in total. The molecule has 0 amide bonds. The number of rotatable bonds is 6. The van der Waals surface area contributed by atoms with E-state index in [0.717, 1.165) is 13.0 Å². The maximum atomic E-state index is 12.4. The standard InChI is InChI=1S/C13H20N2O3S/c1-18-10-8-13(7-9-14-11-13)15-19(16,17)12-5-3-2-4-6-12/h2-6,14-15H,7-11H2,1H3. The molecule has 0 spiro atoms. The van der Waals surface area contributed by atoms with E-state index in [1.54, 1.807) is 37.4 Å². The van der Waals surface area contributed by atoms with Gasteiger partial charge in [0.1, 0.15) is 0 Å². The van der Waals surface area contributed by atoms with Crippen molar-refractivity contribution in [3.05, 3.63) is 30.3 Å². The summed E-state index contributed by atoms with van der Waals surface area (Å²) in [6.07, 6.45) is 1.45. The van der Waals surface area contributed by atoms with Gasteiger partial charge in [-0.3, -0.25) is 0 Å². The molecule has 1 aromatic rings. The minimum atomic E-state index is -3.48. The van der Waals surface area contributed by atoms with Gasteiger partial charge in [0.2, 0.25) is 10.0 Å². The number of methoxy groups -OCH3 is 1. The van der Waals surface area contributed by atoms with E-state index in [0.29, 0.717) is 24.5 Å². The Morgan fingerprint density at radius 3 is 2.68 bits per heavy atom. The highest BCUT2D eigenvalue weighted by molar-refractivity contribution is 7.89. The maximum absolute atomic E-state index is 12.4. The largest absolute Gasteiger partial charge is 0.385 e. The monoisotopic (exact) mass is 284 g/mol. The number of ether oxygens (including phenoxy) is 1. The Balaban J connectivity index is 2.17. The predicted molar refractivity (Wildman–Crippen MR) is 73.5 cm³/mol. The molecule has 1 unspecified atom stereocenters. The van der Waals surface area contributed by atoms with Gasteiger partial charge in [-0.05, 0) is 31.5 Å². The van der Waals surface area contributed by atoms with Gasteiger partial charge in [0.25, 0.3) is 0 Å². The van der Waals surface area contributed by atoms with Crippen molar-refractivity contribution in [2.24, 2.45) is 0 Å². The summed E-state index contributed by atoms with van der Waals surface area (Å²) in [5, 5.41) is 3.21. The Kier molecular flexibility index (Phi) is 4.57. The molecule has 1 aliphatic heterocycles. The fourth-order valence-electron chi connectivity index (χ4n) is 2.34. The Labute approximate surface area is 114 Å². The third-order valence-electron chi connectivity index (χ3n) is 3.43. The molecule has 1 atom stereocenters. The van der Waals surface area contributed by atoms with Crippen LogP contribution in [0, 0.1) is 0 Å². The van der Waals surface area contributed by atoms with E-state index in [1.165, 1.54) is 0 Å². The van der Waals surface area contributed by atoms with Crippen LogP contribution >= 0.6 is 0 Å². The SMILES string of the molecule is COCCC1(NS(=O)(=O)c2ccccc2)CCNC1. The molecular formula is C13H20N2O3S. The summed E-state index contributed by atoms with van der Waals surface area (Å²) in [5.74, 6) is 0. The van der Waals surface area contributed by atoms with Gasteiger partial charge in [0.15, 0.2) is 0 Å². The molecular weight excluding hydrogens is 264 g/mol. The summed E-state index contributed by atoms with van der Waals surface area (Å²) in [6, 6.07) is 8.47. The Bertz CT molecular complexity index is 496. The van der Waals surface area contributed by atoms with Crippen molar-refractivity contribution in [3.63, 3.8) is 0 Å². The molecule has 6 heteroatoms. The van der Waals surface area contributed by atoms with Crippen molar-refractivity contribution < 1.29 is 13.2 Å². The molecule has 0 saturated carbocycles. The van der Waals surface area contributed by atoms with E-state index < -0.39 is 15.6 Å². The number of sulfonamides is 1. The predicted octanol–water partition coefficient (Wildman–Crippen LogP) is 0.733. The highest BCUT2D eigenvalue weighted by Gasteiger charge is 2.37. The van der Waals surface area contributed by atoms with Crippen LogP contribution in [0.4, 0.5) is 0 Å². The Morgan fingerprint density at radius 2 is 2.11 bits per heavy atom. The van der Waals surface area contributed by atoms with Crippen LogP contribution in [0.5, 0.6) is 0 Å². The third kappa shape index (κ3) is 3.54. The van der Waals surface area contributed by atoms with Gasteiger partial charge in [0.05, 0.1) is 4.90 Å². The van der Waals surface area contributed by atoms with Crippen LogP contribution in [-0.4, -0.2) is 40.8 Å². The average molecular weight is 284 g/mol. The second-order valence-electron chi connectivity index (χ2n) is 4.87. The fraction of sp³-hybridized carbons (Fsp3) is 0.538. The van der Waals surface area contributed by atoms with Crippen molar-refractivity contribution in [3.8, 4) is 0 Å². The van der Waals surface area contributed by atoms with Crippen LogP contribution in [0.1, 0.15) is 12.8 Å². The lowest BCUT2D eigenvalue weighted by Gasteiger charge is -2.29. The van der Waals surface area contributed by atoms with Gasteiger partial charge in [-0.1, -0.05) is 18.2 Å². The molecule has 0 radical (unpaired) electrons. The lowest BCUT2D eigenvalue weighted by molar-refractivity contribution is 0.167. The summed E-state index contributed by atoms with van der Waals surface area (Å²) >= 11 is 0. The summed E-state index contributed by atoms with van der Waals surface area (Å²) < 4.78 is 32.7. The first-order valence-corrected chi connectivity index (χ1v) is 7.85. The van der Waals surface area contributed by atoms with Crippen molar-refractivity contribution in [2.45, 2.75) is 23.3 Å². The minimum absolute atomic E-state index is 0.304. The first kappa shape index (κ1) is 14.5. The van der Waals surface area contributed by atoms with Gasteiger partial charge in [-0.15, -0.1) is 0 Å². The normalized spacial score (nSPS) is 23.6. The zero-order chi connectivity index (χ0) is 13.8. The maximum Gasteiger partial charge on any atom is 0.241 e. The van der Waals surface area contributed by atoms with E-state index in [9.17, 15) is 8.42 Å². The van der Waals surface area contributed by atoms with Gasteiger partial charge in [0, 0.05) is 25.8 Å². The second kappa shape index (κ2) is 6.00. The van der Waals surface area contributed by atoms with E-state index in [-0.39, 0.29) is 0 Å². The second-order valence-corrected chi connectivity index (χ2v) is 6.55. The fourth-order valence-corrected chi connectivity index (χ4v) is 3.82. The highest BCUT2D eigenvalue weighted by Crippen LogP contribution is 2.22. The molecule has 2 rings (SSSR count). The molecule has 1 aliphatic rings. The number of nitrogens with one attached hydrogen (secondary N) is 2. The summed E-state index contributed by atoms with van der Waals surface area (Å²) in [5.41, 5.74) is -0.440. The molecule has 19 heavy (non-hydrogen) atoms. The highest BCUT2D eigenvalue weighted by atomic mass is 32.2. The van der Waals surface area contributed by atoms with Crippen LogP contribution in [0.15, 0.2) is 35.2 Å². The smallest absolute Gasteiger partial charge is 0.241 e. The van der Waals surface area contributed by atoms with Crippen LogP contribution in [0.25, 0.3) is 0 Å². The van der Waals surface area contributed by atoms with E-state index in [1.807, 2.05) is 0 Å². The molecule has 5 nitrogen and oxygen atoms in total. The van der Waals surface area contributed by atoms with Gasteiger partial charge >= 0.3 is 0 Å². The Hall–Kier alpha value is -0.950. The zero-order valence-electron chi connectivity index (χ0n) is 11.1. The average Bonchev–Trinajstić information content (AvgIpc) is 2.86. The van der Waals surface area contributed by atoms with E-state index in [4.69, 9.17) is 4.74 Å². The van der Waals surface area contributed by atoms with E-state index in [2.05, 4.69) is 10.0 Å². The number of hydrogen-bond acceptors (Lipinski definition) is 4. The third-order valence-corrected chi connectivity index (χ3v) is 5.03. The van der Waals surface area contributed by atoms with Crippen molar-refractivity contribution in [1.82, 2.24) is 10.0 Å². The van der Waals surface area contributed by atoms with Crippen LogP contribution in [0.3, 0.4) is 0 Å². The lowest BCUT2D eigenvalue weighted by atomic mass is 9.96. The topological polar surface area (TPSA) is 67.4 Å². The quantitative estimate of drug-likeness (QED) is 0.808. The van der Waals surface area contributed by atoms with Crippen molar-refractivity contribution >= 4 is 10.0 Å². The number of hydrogen-bond donors (Lipinski definition) is 2. The van der Waals surface area contributed by atoms with Crippen molar-refractivity contribution in [1.29, 1.82) is 0 Å². The van der Waals surface area contributed by atoms with E-state index >= 15 is 0 Å². The zero-order valence-corrected chi connectivity index (χ0v) is 11.9. The first-order valence-electron chi connectivity index (χ1n) is 6.37. The lowest BCUT2D eigenvalue weighted by Crippen LogP contribution is -2.50. The van der Waals surface area contributed by atoms with Crippen LogP contribution in [-0.2, 0) is 14.8 Å².